The van der Waals surface area contributed by atoms with Crippen LogP contribution in [0.25, 0.3) is 11.0 Å². The topological polar surface area (TPSA) is 53.1 Å². The Labute approximate surface area is 119 Å². The summed E-state index contributed by atoms with van der Waals surface area (Å²) >= 11 is 0. The summed E-state index contributed by atoms with van der Waals surface area (Å²) in [6, 6.07) is 8.62. The lowest BCUT2D eigenvalue weighted by molar-refractivity contribution is 0.415. The van der Waals surface area contributed by atoms with E-state index in [1.54, 1.807) is 29.9 Å². The van der Waals surface area contributed by atoms with Gasteiger partial charge in [-0.2, -0.15) is 0 Å². The first kappa shape index (κ1) is 13.4. The first-order chi connectivity index (χ1) is 10.1. The van der Waals surface area contributed by atoms with Gasteiger partial charge in [-0.05, 0) is 30.3 Å². The van der Waals surface area contributed by atoms with Gasteiger partial charge in [-0.1, -0.05) is 0 Å². The molecule has 2 aromatic carbocycles. The molecule has 108 valence electrons. The van der Waals surface area contributed by atoms with Gasteiger partial charge in [-0.15, -0.1) is 0 Å². The molecule has 0 saturated heterocycles. The molecular formula is C15H13F2N3O. The zero-order chi connectivity index (χ0) is 15.0. The van der Waals surface area contributed by atoms with Crippen molar-refractivity contribution in [3.05, 3.63) is 53.6 Å². The Morgan fingerprint density at radius 1 is 1.19 bits per heavy atom. The molecule has 0 atom stereocenters. The minimum absolute atomic E-state index is 0.0963. The largest absolute Gasteiger partial charge is 0.497 e. The molecule has 0 radical (unpaired) electrons. The van der Waals surface area contributed by atoms with Crippen molar-refractivity contribution in [1.82, 2.24) is 9.55 Å². The van der Waals surface area contributed by atoms with Crippen LogP contribution in [-0.4, -0.2) is 16.7 Å². The van der Waals surface area contributed by atoms with E-state index < -0.39 is 11.6 Å². The lowest BCUT2D eigenvalue weighted by atomic mass is 10.2. The average Bonchev–Trinajstić information content (AvgIpc) is 2.78. The molecule has 3 rings (SSSR count). The van der Waals surface area contributed by atoms with Crippen LogP contribution < -0.4 is 10.5 Å². The molecule has 4 nitrogen and oxygen atoms in total. The summed E-state index contributed by atoms with van der Waals surface area (Å²) in [4.78, 5) is 4.21. The van der Waals surface area contributed by atoms with Crippen molar-refractivity contribution in [2.24, 2.45) is 0 Å². The summed E-state index contributed by atoms with van der Waals surface area (Å²) in [5, 5.41) is 0. The van der Waals surface area contributed by atoms with Gasteiger partial charge >= 0.3 is 0 Å². The van der Waals surface area contributed by atoms with Crippen molar-refractivity contribution in [2.75, 3.05) is 12.8 Å². The molecule has 0 unspecified atom stereocenters. The summed E-state index contributed by atoms with van der Waals surface area (Å²) in [6.45, 7) is 0.0963. The van der Waals surface area contributed by atoms with Gasteiger partial charge in [0.25, 0.3) is 0 Å². The molecule has 3 aromatic rings. The van der Waals surface area contributed by atoms with E-state index in [0.717, 1.165) is 18.2 Å². The van der Waals surface area contributed by atoms with Gasteiger partial charge < -0.3 is 15.0 Å². The number of ether oxygens (including phenoxy) is 1. The van der Waals surface area contributed by atoms with Crippen LogP contribution in [0, 0.1) is 11.6 Å². The van der Waals surface area contributed by atoms with Gasteiger partial charge in [0.05, 0.1) is 24.7 Å². The van der Waals surface area contributed by atoms with Crippen LogP contribution in [0.15, 0.2) is 36.4 Å². The highest BCUT2D eigenvalue weighted by molar-refractivity contribution is 5.80. The smallest absolute Gasteiger partial charge is 0.201 e. The van der Waals surface area contributed by atoms with E-state index in [1.807, 2.05) is 0 Å². The van der Waals surface area contributed by atoms with Crippen LogP contribution in [-0.2, 0) is 6.54 Å². The van der Waals surface area contributed by atoms with Gasteiger partial charge in [-0.25, -0.2) is 13.8 Å². The number of nitrogen functional groups attached to an aromatic ring is 1. The van der Waals surface area contributed by atoms with Gasteiger partial charge in [0.15, 0.2) is 0 Å². The molecule has 0 amide bonds. The lowest BCUT2D eigenvalue weighted by Gasteiger charge is -2.08. The number of fused-ring (bicyclic) bond motifs is 1. The Balaban J connectivity index is 2.11. The third-order valence-electron chi connectivity index (χ3n) is 3.32. The quantitative estimate of drug-likeness (QED) is 0.806. The van der Waals surface area contributed by atoms with E-state index in [4.69, 9.17) is 10.5 Å². The maximum absolute atomic E-state index is 13.8. The molecule has 0 aliphatic carbocycles. The van der Waals surface area contributed by atoms with E-state index >= 15 is 0 Å². The molecule has 21 heavy (non-hydrogen) atoms. The molecule has 0 saturated carbocycles. The summed E-state index contributed by atoms with van der Waals surface area (Å²) in [5.74, 6) is -0.0993. The Morgan fingerprint density at radius 2 is 2.00 bits per heavy atom. The number of methoxy groups -OCH3 is 1. The number of imidazole rings is 1. The fourth-order valence-electron chi connectivity index (χ4n) is 2.25. The van der Waals surface area contributed by atoms with Crippen molar-refractivity contribution >= 4 is 17.0 Å². The van der Waals surface area contributed by atoms with E-state index in [9.17, 15) is 8.78 Å². The number of aromatic nitrogens is 2. The van der Waals surface area contributed by atoms with Crippen molar-refractivity contribution in [2.45, 2.75) is 6.54 Å². The SMILES string of the molecule is COc1ccc2nc(N)n(Cc3cc(F)ccc3F)c2c1. The first-order valence-electron chi connectivity index (χ1n) is 6.32. The molecule has 1 aromatic heterocycles. The molecule has 0 spiro atoms. The Bertz CT molecular complexity index is 814. The number of nitrogens with zero attached hydrogens (tertiary/aromatic N) is 2. The standard InChI is InChI=1S/C15H13F2N3O/c1-21-11-3-5-13-14(7-11)20(15(18)19-13)8-9-6-10(16)2-4-12(9)17/h2-7H,8H2,1H3,(H2,18,19). The fourth-order valence-corrected chi connectivity index (χ4v) is 2.25. The van der Waals surface area contributed by atoms with Gasteiger partial charge in [0.2, 0.25) is 5.95 Å². The molecule has 6 heteroatoms. The Kier molecular flexibility index (Phi) is 3.21. The van der Waals surface area contributed by atoms with Crippen molar-refractivity contribution in [1.29, 1.82) is 0 Å². The number of hydrogen-bond acceptors (Lipinski definition) is 3. The summed E-state index contributed by atoms with van der Waals surface area (Å²) in [6.07, 6.45) is 0. The van der Waals surface area contributed by atoms with Crippen LogP contribution in [0.3, 0.4) is 0 Å². The predicted molar refractivity (Wildman–Crippen MR) is 76.2 cm³/mol. The minimum atomic E-state index is -0.494. The summed E-state index contributed by atoms with van der Waals surface area (Å²) in [7, 11) is 1.55. The zero-order valence-corrected chi connectivity index (χ0v) is 11.3. The molecule has 0 bridgehead atoms. The van der Waals surface area contributed by atoms with E-state index in [2.05, 4.69) is 4.98 Å². The summed E-state index contributed by atoms with van der Waals surface area (Å²) < 4.78 is 33.8. The van der Waals surface area contributed by atoms with Crippen LogP contribution in [0.5, 0.6) is 5.75 Å². The second kappa shape index (κ2) is 5.05. The maximum Gasteiger partial charge on any atom is 0.201 e. The van der Waals surface area contributed by atoms with Gasteiger partial charge in [0, 0.05) is 11.6 Å². The number of halogens is 2. The molecular weight excluding hydrogens is 276 g/mol. The third-order valence-corrected chi connectivity index (χ3v) is 3.32. The predicted octanol–water partition coefficient (Wildman–Crippen LogP) is 2.95. The average molecular weight is 289 g/mol. The van der Waals surface area contributed by atoms with Gasteiger partial charge in [0.1, 0.15) is 17.4 Å². The lowest BCUT2D eigenvalue weighted by Crippen LogP contribution is -2.06. The number of nitrogens with two attached hydrogens (primary N) is 1. The maximum atomic E-state index is 13.8. The number of rotatable bonds is 3. The van der Waals surface area contributed by atoms with E-state index in [1.165, 1.54) is 0 Å². The Hall–Kier alpha value is -2.63. The number of anilines is 1. The van der Waals surface area contributed by atoms with Crippen LogP contribution in [0.4, 0.5) is 14.7 Å². The van der Waals surface area contributed by atoms with Crippen LogP contribution >= 0.6 is 0 Å². The number of hydrogen-bond donors (Lipinski definition) is 1. The van der Waals surface area contributed by atoms with Crippen molar-refractivity contribution in [3.63, 3.8) is 0 Å². The zero-order valence-electron chi connectivity index (χ0n) is 11.3. The molecule has 0 aliphatic rings. The third kappa shape index (κ3) is 2.40. The molecule has 2 N–H and O–H groups in total. The van der Waals surface area contributed by atoms with Crippen molar-refractivity contribution in [3.8, 4) is 5.75 Å². The van der Waals surface area contributed by atoms with Gasteiger partial charge in [-0.3, -0.25) is 0 Å². The first-order valence-corrected chi connectivity index (χ1v) is 6.32. The second-order valence-electron chi connectivity index (χ2n) is 4.65. The van der Waals surface area contributed by atoms with E-state index in [0.29, 0.717) is 16.8 Å². The normalized spacial score (nSPS) is 11.0. The monoisotopic (exact) mass is 289 g/mol. The number of benzene rings is 2. The fraction of sp³-hybridized carbons (Fsp3) is 0.133. The highest BCUT2D eigenvalue weighted by Crippen LogP contribution is 2.24. The molecule has 1 heterocycles. The van der Waals surface area contributed by atoms with E-state index in [-0.39, 0.29) is 18.1 Å². The summed E-state index contributed by atoms with van der Waals surface area (Å²) in [5.41, 5.74) is 7.46. The minimum Gasteiger partial charge on any atom is -0.497 e. The van der Waals surface area contributed by atoms with Crippen LogP contribution in [0.2, 0.25) is 0 Å². The van der Waals surface area contributed by atoms with Crippen molar-refractivity contribution < 1.29 is 13.5 Å². The molecule has 0 aliphatic heterocycles. The molecule has 0 fully saturated rings. The highest BCUT2D eigenvalue weighted by atomic mass is 19.1. The van der Waals surface area contributed by atoms with Crippen LogP contribution in [0.1, 0.15) is 5.56 Å². The highest BCUT2D eigenvalue weighted by Gasteiger charge is 2.12. The second-order valence-corrected chi connectivity index (χ2v) is 4.65. The Morgan fingerprint density at radius 3 is 2.76 bits per heavy atom.